The summed E-state index contributed by atoms with van der Waals surface area (Å²) in [5, 5.41) is 22.8. The van der Waals surface area contributed by atoms with E-state index < -0.39 is 12.0 Å². The molecule has 0 spiro atoms. The van der Waals surface area contributed by atoms with E-state index in [-0.39, 0.29) is 30.6 Å². The van der Waals surface area contributed by atoms with Crippen LogP contribution in [0.25, 0.3) is 0 Å². The summed E-state index contributed by atoms with van der Waals surface area (Å²) in [7, 11) is 0. The van der Waals surface area contributed by atoms with Crippen LogP contribution in [0, 0.1) is 5.41 Å². The number of anilines is 2. The molecule has 36 heavy (non-hydrogen) atoms. The van der Waals surface area contributed by atoms with Crippen LogP contribution in [0.1, 0.15) is 38.3 Å². The maximum atomic E-state index is 13.4. The predicted molar refractivity (Wildman–Crippen MR) is 138 cm³/mol. The number of carboxylic acid groups (broad SMARTS) is 1. The first-order chi connectivity index (χ1) is 17.3. The summed E-state index contributed by atoms with van der Waals surface area (Å²) in [6.07, 6.45) is 0.470. The highest BCUT2D eigenvalue weighted by molar-refractivity contribution is 6.07. The van der Waals surface area contributed by atoms with Crippen LogP contribution in [-0.4, -0.2) is 52.8 Å². The lowest BCUT2D eigenvalue weighted by atomic mass is 10.1. The fourth-order valence-electron chi connectivity index (χ4n) is 4.14. The lowest BCUT2D eigenvalue weighted by Gasteiger charge is -2.24. The number of carbonyl (C=O) groups excluding carboxylic acids is 2. The molecule has 0 bridgehead atoms. The van der Waals surface area contributed by atoms with Gasteiger partial charge in [0.05, 0.1) is 18.0 Å². The number of nitrogens with one attached hydrogen (secondary N) is 3. The average Bonchev–Trinajstić information content (AvgIpc) is 2.98. The quantitative estimate of drug-likeness (QED) is 0.244. The van der Waals surface area contributed by atoms with E-state index in [1.807, 2.05) is 30.3 Å². The number of amidine groups is 1. The smallest absolute Gasteiger partial charge is 0.305 e. The second-order valence-corrected chi connectivity index (χ2v) is 8.63. The van der Waals surface area contributed by atoms with E-state index in [4.69, 9.17) is 11.1 Å². The number of carbonyl (C=O) groups is 3. The Morgan fingerprint density at radius 2 is 1.75 bits per heavy atom. The van der Waals surface area contributed by atoms with Gasteiger partial charge in [-0.1, -0.05) is 30.3 Å². The molecule has 2 amide bonds. The Morgan fingerprint density at radius 1 is 1.06 bits per heavy atom. The van der Waals surface area contributed by atoms with E-state index >= 15 is 0 Å². The normalized spacial score (nSPS) is 14.8. The molecule has 9 heteroatoms. The molecule has 3 aromatic carbocycles. The summed E-state index contributed by atoms with van der Waals surface area (Å²) >= 11 is 0. The van der Waals surface area contributed by atoms with Crippen molar-refractivity contribution in [3.05, 3.63) is 95.1 Å². The van der Waals surface area contributed by atoms with Crippen molar-refractivity contribution in [1.29, 1.82) is 5.41 Å². The van der Waals surface area contributed by atoms with Crippen LogP contribution >= 0.6 is 0 Å². The monoisotopic (exact) mass is 485 g/mol. The first-order valence-electron chi connectivity index (χ1n) is 11.5. The highest BCUT2D eigenvalue weighted by Gasteiger charge is 2.29. The fourth-order valence-corrected chi connectivity index (χ4v) is 4.14. The molecule has 0 unspecified atom stereocenters. The molecule has 184 valence electrons. The second-order valence-electron chi connectivity index (χ2n) is 8.63. The van der Waals surface area contributed by atoms with Crippen molar-refractivity contribution >= 4 is 35.0 Å². The number of nitrogen functional groups attached to an aromatic ring is 1. The molecule has 0 fully saturated rings. The zero-order valence-corrected chi connectivity index (χ0v) is 19.5. The van der Waals surface area contributed by atoms with Gasteiger partial charge in [0, 0.05) is 35.6 Å². The highest BCUT2D eigenvalue weighted by Crippen LogP contribution is 2.26. The van der Waals surface area contributed by atoms with Gasteiger partial charge in [0.15, 0.2) is 0 Å². The summed E-state index contributed by atoms with van der Waals surface area (Å²) in [5.41, 5.74) is 8.75. The molecule has 4 rings (SSSR count). The summed E-state index contributed by atoms with van der Waals surface area (Å²) < 4.78 is 0. The van der Waals surface area contributed by atoms with Crippen molar-refractivity contribution in [1.82, 2.24) is 4.90 Å². The Morgan fingerprint density at radius 3 is 2.42 bits per heavy atom. The molecule has 0 aromatic heterocycles. The Bertz CT molecular complexity index is 1290. The number of amides is 2. The minimum atomic E-state index is -0.977. The molecule has 6 N–H and O–H groups in total. The van der Waals surface area contributed by atoms with Gasteiger partial charge >= 0.3 is 5.97 Å². The number of hydrogen-bond donors (Lipinski definition) is 5. The molecule has 1 heterocycles. The number of carboxylic acids is 1. The third kappa shape index (κ3) is 5.87. The maximum Gasteiger partial charge on any atom is 0.305 e. The van der Waals surface area contributed by atoms with E-state index in [1.165, 1.54) is 0 Å². The SMILES string of the molecule is N=C(N)c1ccc(NC(=O)c2ccc3c(c2)N[C@H](CC(=O)O)CN(CCc2ccccc2)C3=O)cc1. The van der Waals surface area contributed by atoms with E-state index in [9.17, 15) is 19.5 Å². The highest BCUT2D eigenvalue weighted by atomic mass is 16.4. The third-order valence-electron chi connectivity index (χ3n) is 5.99. The van der Waals surface area contributed by atoms with Crippen LogP contribution in [0.2, 0.25) is 0 Å². The largest absolute Gasteiger partial charge is 0.481 e. The van der Waals surface area contributed by atoms with Gasteiger partial charge in [-0.05, 0) is 54.4 Å². The summed E-state index contributed by atoms with van der Waals surface area (Å²) in [6.45, 7) is 0.676. The number of nitrogens with two attached hydrogens (primary N) is 1. The predicted octanol–water partition coefficient (Wildman–Crippen LogP) is 3.18. The molecule has 1 aliphatic rings. The number of benzene rings is 3. The second kappa shape index (κ2) is 10.7. The lowest BCUT2D eigenvalue weighted by Crippen LogP contribution is -2.39. The molecule has 0 aliphatic carbocycles. The maximum absolute atomic E-state index is 13.4. The first kappa shape index (κ1) is 24.5. The van der Waals surface area contributed by atoms with Crippen LogP contribution < -0.4 is 16.4 Å². The summed E-state index contributed by atoms with van der Waals surface area (Å²) in [4.78, 5) is 39.4. The van der Waals surface area contributed by atoms with Crippen molar-refractivity contribution in [3.63, 3.8) is 0 Å². The number of aliphatic carboxylic acids is 1. The van der Waals surface area contributed by atoms with Crippen LogP contribution in [-0.2, 0) is 11.2 Å². The summed E-state index contributed by atoms with van der Waals surface area (Å²) in [5.74, 6) is -1.65. The van der Waals surface area contributed by atoms with Crippen LogP contribution in [0.3, 0.4) is 0 Å². The molecule has 0 saturated heterocycles. The molecule has 9 nitrogen and oxygen atoms in total. The molecule has 1 atom stereocenters. The first-order valence-corrected chi connectivity index (χ1v) is 11.5. The Labute approximate surface area is 208 Å². The van der Waals surface area contributed by atoms with E-state index in [0.717, 1.165) is 5.56 Å². The summed E-state index contributed by atoms with van der Waals surface area (Å²) in [6, 6.07) is 20.6. The van der Waals surface area contributed by atoms with Crippen molar-refractivity contribution in [2.75, 3.05) is 23.7 Å². The standard InChI is InChI=1S/C27H27N5O4/c28-25(29)18-6-9-20(10-7-18)31-26(35)19-8-11-22-23(14-19)30-21(15-24(33)34)16-32(27(22)36)13-12-17-4-2-1-3-5-17/h1-11,14,21,30H,12-13,15-16H2,(H3,28,29)(H,31,35)(H,33,34)/t21-/m1/s1. The van der Waals surface area contributed by atoms with Gasteiger partial charge < -0.3 is 26.4 Å². The van der Waals surface area contributed by atoms with Gasteiger partial charge in [-0.2, -0.15) is 0 Å². The van der Waals surface area contributed by atoms with Gasteiger partial charge in [-0.3, -0.25) is 19.8 Å². The van der Waals surface area contributed by atoms with Gasteiger partial charge in [0.2, 0.25) is 0 Å². The molecule has 0 saturated carbocycles. The van der Waals surface area contributed by atoms with Crippen LogP contribution in [0.15, 0.2) is 72.8 Å². The van der Waals surface area contributed by atoms with Gasteiger partial charge in [-0.25, -0.2) is 0 Å². The molecule has 0 radical (unpaired) electrons. The molecular weight excluding hydrogens is 458 g/mol. The van der Waals surface area contributed by atoms with Crippen molar-refractivity contribution < 1.29 is 19.5 Å². The van der Waals surface area contributed by atoms with Gasteiger partial charge in [0.1, 0.15) is 5.84 Å². The molecule has 3 aromatic rings. The van der Waals surface area contributed by atoms with Crippen LogP contribution in [0.5, 0.6) is 0 Å². The zero-order chi connectivity index (χ0) is 25.7. The van der Waals surface area contributed by atoms with Crippen molar-refractivity contribution in [2.24, 2.45) is 5.73 Å². The average molecular weight is 486 g/mol. The molecular formula is C27H27N5O4. The topological polar surface area (TPSA) is 149 Å². The van der Waals surface area contributed by atoms with Gasteiger partial charge in [-0.15, -0.1) is 0 Å². The number of fused-ring (bicyclic) bond motifs is 1. The van der Waals surface area contributed by atoms with E-state index in [1.54, 1.807) is 47.4 Å². The third-order valence-corrected chi connectivity index (χ3v) is 5.99. The van der Waals surface area contributed by atoms with Crippen molar-refractivity contribution in [3.8, 4) is 0 Å². The number of hydrogen-bond acceptors (Lipinski definition) is 5. The Balaban J connectivity index is 1.55. The van der Waals surface area contributed by atoms with Gasteiger partial charge in [0.25, 0.3) is 11.8 Å². The number of rotatable bonds is 8. The van der Waals surface area contributed by atoms with E-state index in [2.05, 4.69) is 10.6 Å². The number of nitrogens with zero attached hydrogens (tertiary/aromatic N) is 1. The fraction of sp³-hybridized carbons (Fsp3) is 0.185. The lowest BCUT2D eigenvalue weighted by molar-refractivity contribution is -0.137. The van der Waals surface area contributed by atoms with Crippen LogP contribution in [0.4, 0.5) is 11.4 Å². The minimum absolute atomic E-state index is 0.0666. The minimum Gasteiger partial charge on any atom is -0.481 e. The molecule has 1 aliphatic heterocycles. The zero-order valence-electron chi connectivity index (χ0n) is 19.5. The Kier molecular flexibility index (Phi) is 7.29. The van der Waals surface area contributed by atoms with Crippen molar-refractivity contribution in [2.45, 2.75) is 18.9 Å². The Hall–Kier alpha value is -4.66. The van der Waals surface area contributed by atoms with E-state index in [0.29, 0.717) is 41.0 Å².